The molecule has 8 heteroatoms. The normalized spacial score (nSPS) is 42.4. The Morgan fingerprint density at radius 2 is 1.66 bits per heavy atom. The number of hydrogen-bond acceptors (Lipinski definition) is 7. The van der Waals surface area contributed by atoms with Gasteiger partial charge < -0.3 is 20.4 Å². The molecule has 4 rings (SSSR count). The van der Waals surface area contributed by atoms with Crippen LogP contribution in [0.15, 0.2) is 22.8 Å². The summed E-state index contributed by atoms with van der Waals surface area (Å²) in [6.45, 7) is 12.4. The van der Waals surface area contributed by atoms with Crippen molar-refractivity contribution < 1.29 is 39.6 Å². The Morgan fingerprint density at radius 1 is 1.05 bits per heavy atom. The molecule has 0 amide bonds. The molecule has 210 valence electrons. The molecule has 0 heterocycles. The highest BCUT2D eigenvalue weighted by Crippen LogP contribution is 2.70. The average Bonchev–Trinajstić information content (AvgIpc) is 3.03. The summed E-state index contributed by atoms with van der Waals surface area (Å²) in [5.41, 5.74) is -3.51. The number of aliphatic carboxylic acids is 1. The number of Topliss-reactive ketones (excluding diaryl/α,β-unsaturated/α-hetero) is 3. The van der Waals surface area contributed by atoms with Crippen molar-refractivity contribution in [1.82, 2.24) is 0 Å². The van der Waals surface area contributed by atoms with Crippen LogP contribution in [0, 0.1) is 39.4 Å². The van der Waals surface area contributed by atoms with E-state index in [1.807, 2.05) is 27.7 Å². The van der Waals surface area contributed by atoms with Crippen molar-refractivity contribution in [3.05, 3.63) is 22.8 Å². The molecule has 2 fully saturated rings. The Bertz CT molecular complexity index is 1160. The maximum Gasteiger partial charge on any atom is 0.331 e. The van der Waals surface area contributed by atoms with Crippen molar-refractivity contribution in [2.45, 2.75) is 98.9 Å². The lowest BCUT2D eigenvalue weighted by molar-refractivity contribution is -0.159. The molecule has 0 unspecified atom stereocenters. The molecule has 4 aliphatic rings. The van der Waals surface area contributed by atoms with E-state index >= 15 is 0 Å². The summed E-state index contributed by atoms with van der Waals surface area (Å²) in [5.74, 6) is -3.28. The summed E-state index contributed by atoms with van der Waals surface area (Å²) in [5, 5.41) is 42.2. The molecule has 2 saturated carbocycles. The topological polar surface area (TPSA) is 149 Å². The summed E-state index contributed by atoms with van der Waals surface area (Å²) in [4.78, 5) is 53.1. The number of ketones is 3. The van der Waals surface area contributed by atoms with Crippen molar-refractivity contribution in [3.8, 4) is 0 Å². The van der Waals surface area contributed by atoms with Crippen LogP contribution in [-0.2, 0) is 19.2 Å². The van der Waals surface area contributed by atoms with Gasteiger partial charge in [0.05, 0.1) is 17.6 Å². The summed E-state index contributed by atoms with van der Waals surface area (Å²) in [6.07, 6.45) is -0.718. The monoisotopic (exact) mass is 530 g/mol. The number of aliphatic hydroxyl groups is 3. The van der Waals surface area contributed by atoms with E-state index < -0.39 is 57.6 Å². The van der Waals surface area contributed by atoms with Gasteiger partial charge in [0.1, 0.15) is 11.9 Å². The maximum absolute atomic E-state index is 14.1. The fraction of sp³-hybridized carbons (Fsp3) is 0.733. The van der Waals surface area contributed by atoms with Gasteiger partial charge in [0.2, 0.25) is 0 Å². The lowest BCUT2D eigenvalue weighted by Crippen LogP contribution is -2.64. The standard InChI is InChI=1S/C30H42O8/c1-14(10-16(31)11-15(2)26(37)38)17-12-21(34)30(7)22-18(32)13-19-27(3,4)20(33)8-9-28(19,5)23(22)24(35)25(36)29(17,30)6/h11,14,16-17,19-20,25,31,33,36H,8-10,12-13H2,1-7H3,(H,37,38)/b15-11-/t14-,16+,17-,19+,20+,25-,28+,29+,30+/m1/s1. The molecule has 0 aromatic heterocycles. The van der Waals surface area contributed by atoms with Gasteiger partial charge >= 0.3 is 5.97 Å². The van der Waals surface area contributed by atoms with E-state index in [4.69, 9.17) is 5.11 Å². The van der Waals surface area contributed by atoms with E-state index in [-0.39, 0.29) is 59.4 Å². The Kier molecular flexibility index (Phi) is 6.78. The molecule has 0 radical (unpaired) electrons. The predicted molar refractivity (Wildman–Crippen MR) is 139 cm³/mol. The Hall–Kier alpha value is -2.16. The molecule has 4 aliphatic carbocycles. The first-order chi connectivity index (χ1) is 17.4. The number of carboxylic acid groups (broad SMARTS) is 1. The van der Waals surface area contributed by atoms with Crippen molar-refractivity contribution in [3.63, 3.8) is 0 Å². The highest BCUT2D eigenvalue weighted by Gasteiger charge is 2.73. The van der Waals surface area contributed by atoms with Crippen molar-refractivity contribution in [2.24, 2.45) is 39.4 Å². The first-order valence-electron chi connectivity index (χ1n) is 13.7. The zero-order valence-electron chi connectivity index (χ0n) is 23.5. The van der Waals surface area contributed by atoms with E-state index in [9.17, 15) is 34.5 Å². The van der Waals surface area contributed by atoms with Gasteiger partial charge in [0.15, 0.2) is 11.6 Å². The van der Waals surface area contributed by atoms with E-state index in [0.717, 1.165) is 0 Å². The molecule has 0 spiro atoms. The van der Waals surface area contributed by atoms with Crippen LogP contribution < -0.4 is 0 Å². The van der Waals surface area contributed by atoms with Gasteiger partial charge in [-0.3, -0.25) is 14.4 Å². The Morgan fingerprint density at radius 3 is 2.24 bits per heavy atom. The fourth-order valence-electron chi connectivity index (χ4n) is 8.82. The lowest BCUT2D eigenvalue weighted by atomic mass is 9.42. The van der Waals surface area contributed by atoms with Crippen LogP contribution in [-0.4, -0.2) is 62.1 Å². The van der Waals surface area contributed by atoms with Gasteiger partial charge in [-0.1, -0.05) is 34.6 Å². The summed E-state index contributed by atoms with van der Waals surface area (Å²) < 4.78 is 0. The van der Waals surface area contributed by atoms with Gasteiger partial charge in [-0.15, -0.1) is 0 Å². The zero-order chi connectivity index (χ0) is 28.7. The third kappa shape index (κ3) is 3.59. The van der Waals surface area contributed by atoms with E-state index in [2.05, 4.69) is 0 Å². The minimum atomic E-state index is -1.52. The van der Waals surface area contributed by atoms with E-state index in [1.54, 1.807) is 13.8 Å². The number of aliphatic hydroxyl groups excluding tert-OH is 3. The second kappa shape index (κ2) is 8.93. The minimum absolute atomic E-state index is 0.00190. The van der Waals surface area contributed by atoms with Crippen LogP contribution in [0.5, 0.6) is 0 Å². The molecule has 0 bridgehead atoms. The molecular weight excluding hydrogens is 488 g/mol. The number of carboxylic acids is 1. The number of carbonyl (C=O) groups excluding carboxylic acids is 3. The number of allylic oxidation sites excluding steroid dienone is 1. The molecule has 8 nitrogen and oxygen atoms in total. The Balaban J connectivity index is 1.82. The van der Waals surface area contributed by atoms with Gasteiger partial charge in [-0.2, -0.15) is 0 Å². The van der Waals surface area contributed by atoms with Crippen LogP contribution in [0.4, 0.5) is 0 Å². The third-order valence-corrected chi connectivity index (χ3v) is 11.4. The second-order valence-electron chi connectivity index (χ2n) is 13.6. The Labute approximate surface area is 224 Å². The van der Waals surface area contributed by atoms with Crippen molar-refractivity contribution >= 4 is 23.3 Å². The van der Waals surface area contributed by atoms with Crippen LogP contribution in [0.25, 0.3) is 0 Å². The highest BCUT2D eigenvalue weighted by atomic mass is 16.4. The molecule has 38 heavy (non-hydrogen) atoms. The quantitative estimate of drug-likeness (QED) is 0.396. The van der Waals surface area contributed by atoms with Gasteiger partial charge in [-0.25, -0.2) is 4.79 Å². The van der Waals surface area contributed by atoms with Crippen molar-refractivity contribution in [2.75, 3.05) is 0 Å². The molecular formula is C30H42O8. The number of carbonyl (C=O) groups is 4. The number of rotatable bonds is 5. The van der Waals surface area contributed by atoms with E-state index in [1.165, 1.54) is 13.0 Å². The van der Waals surface area contributed by atoms with Crippen LogP contribution >= 0.6 is 0 Å². The summed E-state index contributed by atoms with van der Waals surface area (Å²) >= 11 is 0. The summed E-state index contributed by atoms with van der Waals surface area (Å²) in [7, 11) is 0. The molecule has 0 aromatic rings. The molecule has 0 aromatic carbocycles. The van der Waals surface area contributed by atoms with Gasteiger partial charge in [-0.05, 0) is 62.4 Å². The van der Waals surface area contributed by atoms with Gasteiger partial charge in [0, 0.05) is 40.4 Å². The second-order valence-corrected chi connectivity index (χ2v) is 13.6. The van der Waals surface area contributed by atoms with E-state index in [0.29, 0.717) is 12.8 Å². The lowest BCUT2D eigenvalue weighted by Gasteiger charge is -2.60. The smallest absolute Gasteiger partial charge is 0.331 e. The van der Waals surface area contributed by atoms with Crippen LogP contribution in [0.1, 0.15) is 80.6 Å². The summed E-state index contributed by atoms with van der Waals surface area (Å²) in [6, 6.07) is 0. The maximum atomic E-state index is 14.1. The number of fused-ring (bicyclic) bond motifs is 4. The van der Waals surface area contributed by atoms with Crippen LogP contribution in [0.3, 0.4) is 0 Å². The molecule has 0 saturated heterocycles. The zero-order valence-corrected chi connectivity index (χ0v) is 23.5. The first-order valence-corrected chi connectivity index (χ1v) is 13.7. The van der Waals surface area contributed by atoms with Crippen molar-refractivity contribution in [1.29, 1.82) is 0 Å². The largest absolute Gasteiger partial charge is 0.478 e. The minimum Gasteiger partial charge on any atom is -0.478 e. The van der Waals surface area contributed by atoms with Gasteiger partial charge in [0.25, 0.3) is 0 Å². The SMILES string of the molecule is C/C(=C/[C@@H](O)C[C@@H](C)[C@H]1CC(=O)[C@@]2(C)C3=C(C(=O)[C@@H](O)[C@]12C)[C@@]1(C)CC[C@H](O)C(C)(C)[C@@H]1CC3=O)C(=O)O. The third-order valence-electron chi connectivity index (χ3n) is 11.4. The number of hydrogen-bond donors (Lipinski definition) is 4. The molecule has 0 aliphatic heterocycles. The highest BCUT2D eigenvalue weighted by molar-refractivity contribution is 6.17. The average molecular weight is 531 g/mol. The predicted octanol–water partition coefficient (Wildman–Crippen LogP) is 3.02. The van der Waals surface area contributed by atoms with Crippen LogP contribution in [0.2, 0.25) is 0 Å². The molecule has 4 N–H and O–H groups in total. The fourth-order valence-corrected chi connectivity index (χ4v) is 8.82. The first kappa shape index (κ1) is 28.8. The molecule has 9 atom stereocenters.